The van der Waals surface area contributed by atoms with Gasteiger partial charge in [-0.25, -0.2) is 0 Å². The lowest BCUT2D eigenvalue weighted by molar-refractivity contribution is 1.16. The van der Waals surface area contributed by atoms with Crippen molar-refractivity contribution in [2.75, 3.05) is 4.90 Å². The Bertz CT molecular complexity index is 2450. The first-order valence-electron chi connectivity index (χ1n) is 16.3. The molecule has 226 valence electrons. The molecule has 0 bridgehead atoms. The third-order valence-electron chi connectivity index (χ3n) is 9.22. The summed E-state index contributed by atoms with van der Waals surface area (Å²) in [6.07, 6.45) is 1.99. The molecule has 0 amide bonds. The molecule has 0 fully saturated rings. The second-order valence-corrected chi connectivity index (χ2v) is 12.1. The van der Waals surface area contributed by atoms with Crippen LogP contribution < -0.4 is 4.90 Å². The Kier molecular flexibility index (Phi) is 6.80. The van der Waals surface area contributed by atoms with E-state index in [1.165, 1.54) is 33.0 Å². The summed E-state index contributed by atoms with van der Waals surface area (Å²) >= 11 is 0. The average Bonchev–Trinajstić information content (AvgIpc) is 3.50. The van der Waals surface area contributed by atoms with Crippen LogP contribution in [0.3, 0.4) is 0 Å². The van der Waals surface area contributed by atoms with Gasteiger partial charge in [-0.2, -0.15) is 0 Å². The number of anilines is 3. The zero-order valence-electron chi connectivity index (χ0n) is 26.2. The molecule has 3 nitrogen and oxygen atoms in total. The number of fused-ring (bicyclic) bond motifs is 4. The van der Waals surface area contributed by atoms with E-state index >= 15 is 0 Å². The van der Waals surface area contributed by atoms with Gasteiger partial charge >= 0.3 is 0 Å². The van der Waals surface area contributed by atoms with Gasteiger partial charge in [0.1, 0.15) is 0 Å². The summed E-state index contributed by atoms with van der Waals surface area (Å²) in [7, 11) is 0. The van der Waals surface area contributed by atoms with Gasteiger partial charge in [-0.15, -0.1) is 0 Å². The maximum absolute atomic E-state index is 4.84. The fraction of sp³-hybridized carbons (Fsp3) is 0. The van der Waals surface area contributed by atoms with E-state index in [-0.39, 0.29) is 0 Å². The summed E-state index contributed by atoms with van der Waals surface area (Å²) in [5, 5.41) is 3.55. The first-order chi connectivity index (χ1) is 23.8. The average molecular weight is 614 g/mol. The Morgan fingerprint density at radius 2 is 0.917 bits per heavy atom. The number of nitrogens with zero attached hydrogens (tertiary/aromatic N) is 3. The molecule has 2 heterocycles. The van der Waals surface area contributed by atoms with Gasteiger partial charge in [0.2, 0.25) is 0 Å². The van der Waals surface area contributed by atoms with Crippen molar-refractivity contribution >= 4 is 49.8 Å². The van der Waals surface area contributed by atoms with Crippen LogP contribution in [0.4, 0.5) is 17.1 Å². The number of rotatable bonds is 6. The van der Waals surface area contributed by atoms with Crippen LogP contribution in [0, 0.1) is 0 Å². The van der Waals surface area contributed by atoms with E-state index in [0.717, 1.165) is 44.7 Å². The summed E-state index contributed by atoms with van der Waals surface area (Å²) in [4.78, 5) is 7.19. The maximum Gasteiger partial charge on any atom is 0.0703 e. The fourth-order valence-corrected chi connectivity index (χ4v) is 6.87. The first kappa shape index (κ1) is 27.8. The molecule has 0 atom stereocenters. The van der Waals surface area contributed by atoms with Crippen molar-refractivity contribution in [3.8, 4) is 27.9 Å². The molecule has 0 aliphatic carbocycles. The van der Waals surface area contributed by atoms with Crippen molar-refractivity contribution in [3.63, 3.8) is 0 Å². The predicted octanol–water partition coefficient (Wildman–Crippen LogP) is 12.1. The van der Waals surface area contributed by atoms with Crippen LogP contribution in [0.25, 0.3) is 60.6 Å². The van der Waals surface area contributed by atoms with Gasteiger partial charge in [-0.05, 0) is 76.9 Å². The van der Waals surface area contributed by atoms with Crippen LogP contribution >= 0.6 is 0 Å². The standard InChI is InChI=1S/C45H31N3/c1-3-11-32(12-4-1)34-19-23-37(24-20-34)47(38-25-21-35(22-26-38)33-13-5-2-6-14-33)39-27-28-42-41-16-8-10-18-44(41)48(45(42)30-39)40-29-36-15-7-9-17-43(36)46-31-40/h1-31H. The lowest BCUT2D eigenvalue weighted by atomic mass is 10.0. The van der Waals surface area contributed by atoms with E-state index in [4.69, 9.17) is 4.98 Å². The molecule has 9 aromatic rings. The summed E-state index contributed by atoms with van der Waals surface area (Å²) in [6, 6.07) is 64.9. The minimum atomic E-state index is 0.992. The zero-order chi connectivity index (χ0) is 31.9. The summed E-state index contributed by atoms with van der Waals surface area (Å²) < 4.78 is 2.35. The zero-order valence-corrected chi connectivity index (χ0v) is 26.2. The molecule has 2 aromatic heterocycles. The lowest BCUT2D eigenvalue weighted by Gasteiger charge is -2.26. The normalized spacial score (nSPS) is 11.3. The van der Waals surface area contributed by atoms with E-state index in [0.29, 0.717) is 0 Å². The third kappa shape index (κ3) is 4.90. The number of aromatic nitrogens is 2. The van der Waals surface area contributed by atoms with Crippen LogP contribution in [0.5, 0.6) is 0 Å². The van der Waals surface area contributed by atoms with Gasteiger partial charge in [0, 0.05) is 33.2 Å². The van der Waals surface area contributed by atoms with E-state index in [2.05, 4.69) is 185 Å². The van der Waals surface area contributed by atoms with E-state index in [9.17, 15) is 0 Å². The Balaban J connectivity index is 1.23. The van der Waals surface area contributed by atoms with E-state index < -0.39 is 0 Å². The first-order valence-corrected chi connectivity index (χ1v) is 16.3. The van der Waals surface area contributed by atoms with Gasteiger partial charge in [-0.1, -0.05) is 127 Å². The number of hydrogen-bond donors (Lipinski definition) is 0. The number of benzene rings is 7. The van der Waals surface area contributed by atoms with E-state index in [1.807, 2.05) is 12.3 Å². The highest BCUT2D eigenvalue weighted by Crippen LogP contribution is 2.40. The molecular formula is C45H31N3. The Labute approximate surface area is 279 Å². The van der Waals surface area contributed by atoms with Crippen molar-refractivity contribution in [1.29, 1.82) is 0 Å². The molecule has 0 N–H and O–H groups in total. The molecular weight excluding hydrogens is 583 g/mol. The van der Waals surface area contributed by atoms with Crippen LogP contribution in [-0.2, 0) is 0 Å². The van der Waals surface area contributed by atoms with Gasteiger partial charge < -0.3 is 9.47 Å². The Morgan fingerprint density at radius 3 is 1.58 bits per heavy atom. The van der Waals surface area contributed by atoms with Crippen molar-refractivity contribution in [3.05, 3.63) is 188 Å². The van der Waals surface area contributed by atoms with Crippen molar-refractivity contribution in [1.82, 2.24) is 9.55 Å². The highest BCUT2D eigenvalue weighted by molar-refractivity contribution is 6.10. The molecule has 0 unspecified atom stereocenters. The quantitative estimate of drug-likeness (QED) is 0.186. The Hall–Kier alpha value is -6.45. The largest absolute Gasteiger partial charge is 0.310 e. The van der Waals surface area contributed by atoms with Crippen LogP contribution in [-0.4, -0.2) is 9.55 Å². The highest BCUT2D eigenvalue weighted by Gasteiger charge is 2.18. The number of hydrogen-bond acceptors (Lipinski definition) is 2. The van der Waals surface area contributed by atoms with E-state index in [1.54, 1.807) is 0 Å². The Morgan fingerprint density at radius 1 is 0.396 bits per heavy atom. The second-order valence-electron chi connectivity index (χ2n) is 12.1. The SMILES string of the molecule is c1ccc(-c2ccc(N(c3ccc(-c4ccccc4)cc3)c3ccc4c5ccccc5n(-c5cnc6ccccc6c5)c4c3)cc2)cc1. The van der Waals surface area contributed by atoms with Gasteiger partial charge in [0.25, 0.3) is 0 Å². The van der Waals surface area contributed by atoms with Crippen molar-refractivity contribution in [2.45, 2.75) is 0 Å². The van der Waals surface area contributed by atoms with Crippen molar-refractivity contribution in [2.24, 2.45) is 0 Å². The molecule has 0 spiro atoms. The monoisotopic (exact) mass is 613 g/mol. The third-order valence-corrected chi connectivity index (χ3v) is 9.22. The highest BCUT2D eigenvalue weighted by atomic mass is 15.1. The second kappa shape index (κ2) is 11.7. The molecule has 48 heavy (non-hydrogen) atoms. The van der Waals surface area contributed by atoms with Gasteiger partial charge in [0.05, 0.1) is 28.4 Å². The summed E-state index contributed by atoms with van der Waals surface area (Å²) in [6.45, 7) is 0. The molecule has 0 radical (unpaired) electrons. The topological polar surface area (TPSA) is 21.1 Å². The molecule has 0 aliphatic heterocycles. The maximum atomic E-state index is 4.84. The summed E-state index contributed by atoms with van der Waals surface area (Å²) in [5.41, 5.74) is 12.4. The molecule has 7 aromatic carbocycles. The van der Waals surface area contributed by atoms with Crippen molar-refractivity contribution < 1.29 is 0 Å². The molecule has 9 rings (SSSR count). The minimum Gasteiger partial charge on any atom is -0.310 e. The van der Waals surface area contributed by atoms with Gasteiger partial charge in [0.15, 0.2) is 0 Å². The summed E-state index contributed by atoms with van der Waals surface area (Å²) in [5.74, 6) is 0. The molecule has 0 saturated carbocycles. The number of para-hydroxylation sites is 2. The van der Waals surface area contributed by atoms with Crippen LogP contribution in [0.2, 0.25) is 0 Å². The molecule has 0 aliphatic rings. The van der Waals surface area contributed by atoms with Gasteiger partial charge in [-0.3, -0.25) is 4.98 Å². The lowest BCUT2D eigenvalue weighted by Crippen LogP contribution is -2.10. The molecule has 3 heteroatoms. The smallest absolute Gasteiger partial charge is 0.0703 e. The minimum absolute atomic E-state index is 0.992. The van der Waals surface area contributed by atoms with Crippen LogP contribution in [0.1, 0.15) is 0 Å². The fourth-order valence-electron chi connectivity index (χ4n) is 6.87. The van der Waals surface area contributed by atoms with Crippen LogP contribution in [0.15, 0.2) is 188 Å². The number of pyridine rings is 1. The molecule has 0 saturated heterocycles. The predicted molar refractivity (Wildman–Crippen MR) is 202 cm³/mol.